The van der Waals surface area contributed by atoms with Gasteiger partial charge in [0.2, 0.25) is 0 Å². The van der Waals surface area contributed by atoms with Crippen molar-refractivity contribution in [1.82, 2.24) is 0 Å². The Hall–Kier alpha value is -3.41. The number of carbonyl (C=O) groups is 3. The standard InChI is InChI=1S/C58H98O6/c1-4-7-10-13-16-19-22-25-27-29-31-33-36-39-42-45-48-51-57(60)63-54-55(53-62-56(59)50-47-44-41-38-35-32-24-21-18-15-12-9-6-3)64-58(61)52-49-46-43-40-37-34-30-28-26-23-20-17-14-11-8-5-2/h8-9,11-12,15,17-18,20-21,24-28,55H,4-7,10,13-14,16,19,22-23,29-54H2,1-3H3/b11-8-,12-9-,18-15-,20-17-,24-21-,27-25-,28-26-. The van der Waals surface area contributed by atoms with Gasteiger partial charge in [-0.05, 0) is 96.3 Å². The van der Waals surface area contributed by atoms with Crippen LogP contribution in [0.2, 0.25) is 0 Å². The van der Waals surface area contributed by atoms with Crippen molar-refractivity contribution in [2.24, 2.45) is 0 Å². The molecule has 0 aromatic heterocycles. The van der Waals surface area contributed by atoms with E-state index in [-0.39, 0.29) is 31.1 Å². The van der Waals surface area contributed by atoms with Crippen molar-refractivity contribution in [3.05, 3.63) is 85.1 Å². The predicted molar refractivity (Wildman–Crippen MR) is 274 cm³/mol. The second-order valence-corrected chi connectivity index (χ2v) is 17.4. The van der Waals surface area contributed by atoms with E-state index < -0.39 is 6.10 Å². The lowest BCUT2D eigenvalue weighted by atomic mass is 10.1. The summed E-state index contributed by atoms with van der Waals surface area (Å²) in [6, 6.07) is 0. The van der Waals surface area contributed by atoms with Gasteiger partial charge in [-0.2, -0.15) is 0 Å². The monoisotopic (exact) mass is 891 g/mol. The van der Waals surface area contributed by atoms with Gasteiger partial charge in [-0.25, -0.2) is 0 Å². The average Bonchev–Trinajstić information content (AvgIpc) is 3.29. The third-order valence-corrected chi connectivity index (χ3v) is 11.2. The smallest absolute Gasteiger partial charge is 0.306 e. The van der Waals surface area contributed by atoms with Crippen molar-refractivity contribution in [2.75, 3.05) is 13.2 Å². The largest absolute Gasteiger partial charge is 0.462 e. The molecular weight excluding hydrogens is 793 g/mol. The molecule has 0 aromatic carbocycles. The quantitative estimate of drug-likeness (QED) is 0.0199. The highest BCUT2D eigenvalue weighted by Crippen LogP contribution is 2.14. The molecule has 0 aliphatic heterocycles. The molecule has 0 aliphatic carbocycles. The van der Waals surface area contributed by atoms with Crippen LogP contribution in [0.4, 0.5) is 0 Å². The van der Waals surface area contributed by atoms with E-state index in [1.807, 2.05) is 0 Å². The Morgan fingerprint density at radius 3 is 1.14 bits per heavy atom. The molecule has 0 spiro atoms. The summed E-state index contributed by atoms with van der Waals surface area (Å²) < 4.78 is 16.8. The van der Waals surface area contributed by atoms with Gasteiger partial charge >= 0.3 is 17.9 Å². The van der Waals surface area contributed by atoms with Gasteiger partial charge in [0.1, 0.15) is 13.2 Å². The van der Waals surface area contributed by atoms with Gasteiger partial charge in [-0.1, -0.05) is 215 Å². The first kappa shape index (κ1) is 60.6. The van der Waals surface area contributed by atoms with Gasteiger partial charge in [0, 0.05) is 19.3 Å². The van der Waals surface area contributed by atoms with E-state index in [1.165, 1.54) is 89.9 Å². The average molecular weight is 891 g/mol. The number of carbonyl (C=O) groups excluding carboxylic acids is 3. The van der Waals surface area contributed by atoms with Gasteiger partial charge in [0.15, 0.2) is 6.10 Å². The van der Waals surface area contributed by atoms with Gasteiger partial charge in [0.25, 0.3) is 0 Å². The zero-order chi connectivity index (χ0) is 46.5. The lowest BCUT2D eigenvalue weighted by Gasteiger charge is -2.18. The first-order valence-corrected chi connectivity index (χ1v) is 26.6. The maximum Gasteiger partial charge on any atom is 0.306 e. The fraction of sp³-hybridized carbons (Fsp3) is 0.707. The molecule has 0 fully saturated rings. The minimum Gasteiger partial charge on any atom is -0.462 e. The van der Waals surface area contributed by atoms with Crippen LogP contribution in [0.15, 0.2) is 85.1 Å². The Balaban J connectivity index is 4.43. The maximum atomic E-state index is 12.8. The minimum absolute atomic E-state index is 0.0913. The Labute approximate surface area is 395 Å². The van der Waals surface area contributed by atoms with E-state index in [1.54, 1.807) is 0 Å². The van der Waals surface area contributed by atoms with E-state index in [9.17, 15) is 14.4 Å². The summed E-state index contributed by atoms with van der Waals surface area (Å²) in [5.74, 6) is -0.929. The summed E-state index contributed by atoms with van der Waals surface area (Å²) in [5, 5.41) is 0. The molecule has 0 bridgehead atoms. The van der Waals surface area contributed by atoms with Crippen LogP contribution in [-0.4, -0.2) is 37.2 Å². The number of allylic oxidation sites excluding steroid dienone is 14. The summed E-state index contributed by atoms with van der Waals surface area (Å²) in [4.78, 5) is 38.0. The van der Waals surface area contributed by atoms with Crippen molar-refractivity contribution in [3.63, 3.8) is 0 Å². The van der Waals surface area contributed by atoms with Crippen molar-refractivity contribution >= 4 is 17.9 Å². The highest BCUT2D eigenvalue weighted by Gasteiger charge is 2.19. The number of esters is 3. The summed E-state index contributed by atoms with van der Waals surface area (Å²) >= 11 is 0. The fourth-order valence-corrected chi connectivity index (χ4v) is 7.22. The molecule has 0 radical (unpaired) electrons. The lowest BCUT2D eigenvalue weighted by molar-refractivity contribution is -0.167. The van der Waals surface area contributed by atoms with E-state index in [0.29, 0.717) is 19.3 Å². The van der Waals surface area contributed by atoms with Crippen molar-refractivity contribution in [3.8, 4) is 0 Å². The Morgan fingerprint density at radius 2 is 0.688 bits per heavy atom. The highest BCUT2D eigenvalue weighted by molar-refractivity contribution is 5.71. The molecule has 1 unspecified atom stereocenters. The Bertz CT molecular complexity index is 1250. The van der Waals surface area contributed by atoms with E-state index in [2.05, 4.69) is 106 Å². The summed E-state index contributed by atoms with van der Waals surface area (Å²) in [5.41, 5.74) is 0. The van der Waals surface area contributed by atoms with Crippen LogP contribution in [0.5, 0.6) is 0 Å². The first-order valence-electron chi connectivity index (χ1n) is 26.6. The molecular formula is C58H98O6. The van der Waals surface area contributed by atoms with Crippen LogP contribution < -0.4 is 0 Å². The molecule has 0 aliphatic rings. The van der Waals surface area contributed by atoms with Crippen LogP contribution in [0, 0.1) is 0 Å². The zero-order valence-corrected chi connectivity index (χ0v) is 41.8. The topological polar surface area (TPSA) is 78.9 Å². The van der Waals surface area contributed by atoms with Gasteiger partial charge in [-0.15, -0.1) is 0 Å². The number of hydrogen-bond donors (Lipinski definition) is 0. The second-order valence-electron chi connectivity index (χ2n) is 17.4. The van der Waals surface area contributed by atoms with Crippen LogP contribution in [0.1, 0.15) is 245 Å². The van der Waals surface area contributed by atoms with E-state index >= 15 is 0 Å². The number of hydrogen-bond acceptors (Lipinski definition) is 6. The van der Waals surface area contributed by atoms with Crippen LogP contribution in [0.25, 0.3) is 0 Å². The lowest BCUT2D eigenvalue weighted by Crippen LogP contribution is -2.30. The highest BCUT2D eigenvalue weighted by atomic mass is 16.6. The van der Waals surface area contributed by atoms with E-state index in [4.69, 9.17) is 14.2 Å². The molecule has 6 heteroatoms. The zero-order valence-electron chi connectivity index (χ0n) is 41.8. The molecule has 0 aromatic rings. The van der Waals surface area contributed by atoms with Gasteiger partial charge < -0.3 is 14.2 Å². The molecule has 6 nitrogen and oxygen atoms in total. The number of ether oxygens (including phenoxy) is 3. The second kappa shape index (κ2) is 52.2. The summed E-state index contributed by atoms with van der Waals surface area (Å²) in [6.07, 6.45) is 67.1. The first-order chi connectivity index (χ1) is 31.5. The van der Waals surface area contributed by atoms with Crippen molar-refractivity contribution in [1.29, 1.82) is 0 Å². The Kier molecular flexibility index (Phi) is 49.4. The number of rotatable bonds is 47. The normalized spacial score (nSPS) is 12.7. The van der Waals surface area contributed by atoms with Crippen LogP contribution >= 0.6 is 0 Å². The fourth-order valence-electron chi connectivity index (χ4n) is 7.22. The van der Waals surface area contributed by atoms with Crippen molar-refractivity contribution in [2.45, 2.75) is 252 Å². The molecule has 0 saturated carbocycles. The number of unbranched alkanes of at least 4 members (excludes halogenated alkanes) is 24. The van der Waals surface area contributed by atoms with Gasteiger partial charge in [-0.3, -0.25) is 14.4 Å². The molecule has 0 saturated heterocycles. The molecule has 0 amide bonds. The van der Waals surface area contributed by atoms with Crippen LogP contribution in [0.3, 0.4) is 0 Å². The third kappa shape index (κ3) is 49.6. The van der Waals surface area contributed by atoms with Gasteiger partial charge in [0.05, 0.1) is 0 Å². The summed E-state index contributed by atoms with van der Waals surface area (Å²) in [6.45, 7) is 6.36. The molecule has 366 valence electrons. The molecule has 1 atom stereocenters. The summed E-state index contributed by atoms with van der Waals surface area (Å²) in [7, 11) is 0. The Morgan fingerprint density at radius 1 is 0.344 bits per heavy atom. The van der Waals surface area contributed by atoms with E-state index in [0.717, 1.165) is 116 Å². The predicted octanol–water partition coefficient (Wildman–Crippen LogP) is 17.6. The molecule has 64 heavy (non-hydrogen) atoms. The molecule has 0 rings (SSSR count). The third-order valence-electron chi connectivity index (χ3n) is 11.2. The maximum absolute atomic E-state index is 12.8. The molecule has 0 heterocycles. The SMILES string of the molecule is CC\C=C/C=C\C=C/CCCCCCCC(=O)OCC(COC(=O)CCCCCCCCC/C=C\CCCCCCCC)OC(=O)CCCCCCCC/C=C\C/C=C\C/C=C\CC. The minimum atomic E-state index is -0.794. The molecule has 0 N–H and O–H groups in total. The van der Waals surface area contributed by atoms with Crippen molar-refractivity contribution < 1.29 is 28.6 Å². The van der Waals surface area contributed by atoms with Crippen LogP contribution in [-0.2, 0) is 28.6 Å².